The van der Waals surface area contributed by atoms with Crippen molar-refractivity contribution < 1.29 is 14.2 Å². The Morgan fingerprint density at radius 1 is 1.40 bits per heavy atom. The third kappa shape index (κ3) is 6.05. The fraction of sp³-hybridized carbons (Fsp3) is 0.588. The van der Waals surface area contributed by atoms with Crippen molar-refractivity contribution in [1.82, 2.24) is 5.32 Å². The minimum absolute atomic E-state index is 0.0503. The molecular weight excluding hydrogens is 319 g/mol. The van der Waals surface area contributed by atoms with Crippen LogP contribution in [0.3, 0.4) is 0 Å². The van der Waals surface area contributed by atoms with Crippen molar-refractivity contribution in [2.45, 2.75) is 45.3 Å². The van der Waals surface area contributed by atoms with E-state index in [1.807, 2.05) is 39.0 Å². The second-order valence-corrected chi connectivity index (χ2v) is 7.31. The van der Waals surface area contributed by atoms with Crippen LogP contribution in [-0.4, -0.2) is 45.6 Å². The minimum Gasteiger partial charge on any atom is -0.444 e. The zero-order valence-corrected chi connectivity index (χ0v) is 15.6. The van der Waals surface area contributed by atoms with Crippen LogP contribution in [0.2, 0.25) is 0 Å². The van der Waals surface area contributed by atoms with Crippen molar-refractivity contribution in [2.75, 3.05) is 36.1 Å². The summed E-state index contributed by atoms with van der Waals surface area (Å²) in [7, 11) is 2.07. The number of hydrogen-bond donors (Lipinski definition) is 3. The Labute approximate surface area is 150 Å². The number of hydrogen-bond acceptors (Lipinski definition) is 6. The average molecular weight is 348 g/mol. The maximum absolute atomic E-state index is 12.0. The summed E-state index contributed by atoms with van der Waals surface area (Å²) in [5.74, 6) is 0. The van der Waals surface area contributed by atoms with E-state index in [0.717, 1.165) is 30.8 Å². The van der Waals surface area contributed by atoms with Gasteiger partial charge in [0, 0.05) is 31.9 Å². The van der Waals surface area contributed by atoms with Crippen LogP contribution in [0.5, 0.6) is 0 Å². The number of rotatable bonds is 5. The maximum Gasteiger partial charge on any atom is 0.407 e. The van der Waals surface area contributed by atoms with E-state index >= 15 is 0 Å². The van der Waals surface area contributed by atoms with Crippen LogP contribution in [0, 0.1) is 0 Å². The third-order valence-corrected chi connectivity index (χ3v) is 3.93. The quantitative estimate of drug-likeness (QED) is 0.558. The number of carbonyl (C=O) groups excluding carboxylic acids is 1. The molecule has 1 aliphatic rings. The normalized spacial score (nSPS) is 17.8. The fourth-order valence-electron chi connectivity index (χ4n) is 2.90. The van der Waals surface area contributed by atoms with E-state index in [1.165, 1.54) is 0 Å². The first-order valence-corrected chi connectivity index (χ1v) is 8.65. The number of ether oxygens (including phenoxy) is 1. The maximum atomic E-state index is 12.0. The van der Waals surface area contributed by atoms with E-state index in [2.05, 4.69) is 15.4 Å². The van der Waals surface area contributed by atoms with E-state index in [9.17, 15) is 4.79 Å². The molecular formula is C17H29BN4O3. The molecule has 1 saturated heterocycles. The number of nitrogen functional groups attached to an aromatic ring is 1. The summed E-state index contributed by atoms with van der Waals surface area (Å²) in [5.41, 5.74) is 8.34. The van der Waals surface area contributed by atoms with E-state index in [0.29, 0.717) is 19.8 Å². The highest BCUT2D eigenvalue weighted by Crippen LogP contribution is 2.29. The molecule has 0 aromatic heterocycles. The molecule has 0 aliphatic carbocycles. The smallest absolute Gasteiger partial charge is 0.407 e. The van der Waals surface area contributed by atoms with Crippen LogP contribution >= 0.6 is 0 Å². The molecule has 1 aromatic carbocycles. The summed E-state index contributed by atoms with van der Waals surface area (Å²) in [6.07, 6.45) is 1.55. The zero-order chi connectivity index (χ0) is 18.4. The van der Waals surface area contributed by atoms with Gasteiger partial charge < -0.3 is 30.6 Å². The lowest BCUT2D eigenvalue weighted by Gasteiger charge is -2.35. The van der Waals surface area contributed by atoms with Gasteiger partial charge in [-0.1, -0.05) is 0 Å². The first-order chi connectivity index (χ1) is 11.8. The molecule has 25 heavy (non-hydrogen) atoms. The second kappa shape index (κ2) is 8.33. The summed E-state index contributed by atoms with van der Waals surface area (Å²) in [4.78, 5) is 14.2. The van der Waals surface area contributed by atoms with Crippen LogP contribution < -0.4 is 21.2 Å². The molecule has 1 aromatic rings. The number of anilines is 3. The second-order valence-electron chi connectivity index (χ2n) is 7.31. The molecule has 8 heteroatoms. The number of alkyl carbamates (subject to hydrolysis) is 1. The topological polar surface area (TPSA) is 88.8 Å². The van der Waals surface area contributed by atoms with Crippen molar-refractivity contribution >= 4 is 30.8 Å². The first-order valence-electron chi connectivity index (χ1n) is 8.65. The number of benzene rings is 1. The standard InChI is InChI=1S/C17H29BN4O3/c1-17(2,3)25-16(23)20-13-6-5-9-22(11-13)15-8-7-12(10-14(15)19)21-18-24-4/h7-8,10,13,18,21H,5-6,9,11,19H2,1-4H3,(H,20,23)/t13-/m1/s1. The SMILES string of the molecule is COBNc1ccc(N2CCC[C@@H](NC(=O)OC(C)(C)C)C2)c(N)c1. The number of carbonyl (C=O) groups is 1. The van der Waals surface area contributed by atoms with Crippen molar-refractivity contribution in [3.05, 3.63) is 18.2 Å². The number of amides is 1. The molecule has 1 fully saturated rings. The predicted molar refractivity (Wildman–Crippen MR) is 103 cm³/mol. The molecule has 0 saturated carbocycles. The number of piperidine rings is 1. The monoisotopic (exact) mass is 348 g/mol. The summed E-state index contributed by atoms with van der Waals surface area (Å²) in [5, 5.41) is 6.09. The van der Waals surface area contributed by atoms with Gasteiger partial charge in [0.25, 0.3) is 0 Å². The molecule has 7 nitrogen and oxygen atoms in total. The van der Waals surface area contributed by atoms with E-state index < -0.39 is 5.60 Å². The number of nitrogens with one attached hydrogen (secondary N) is 2. The van der Waals surface area contributed by atoms with Gasteiger partial charge in [0.05, 0.1) is 11.4 Å². The Morgan fingerprint density at radius 3 is 2.80 bits per heavy atom. The average Bonchev–Trinajstić information content (AvgIpc) is 2.51. The van der Waals surface area contributed by atoms with Crippen LogP contribution in [-0.2, 0) is 9.39 Å². The van der Waals surface area contributed by atoms with Gasteiger partial charge in [0.15, 0.2) is 0 Å². The lowest BCUT2D eigenvalue weighted by molar-refractivity contribution is 0.0500. The van der Waals surface area contributed by atoms with E-state index in [1.54, 1.807) is 7.11 Å². The summed E-state index contributed by atoms with van der Waals surface area (Å²) in [6.45, 7) is 7.22. The lowest BCUT2D eigenvalue weighted by atomic mass is 10.0. The van der Waals surface area contributed by atoms with Crippen molar-refractivity contribution in [3.8, 4) is 0 Å². The Hall–Kier alpha value is -2.09. The molecule has 2 rings (SSSR count). The first kappa shape index (κ1) is 19.2. The molecule has 0 radical (unpaired) electrons. The lowest BCUT2D eigenvalue weighted by Crippen LogP contribution is -2.49. The van der Waals surface area contributed by atoms with Crippen LogP contribution in [0.15, 0.2) is 18.2 Å². The number of nitrogens with zero attached hydrogens (tertiary/aromatic N) is 1. The van der Waals surface area contributed by atoms with Gasteiger partial charge in [-0.25, -0.2) is 4.79 Å². The van der Waals surface area contributed by atoms with Crippen molar-refractivity contribution in [1.29, 1.82) is 0 Å². The van der Waals surface area contributed by atoms with Gasteiger partial charge in [0.1, 0.15) is 5.60 Å². The molecule has 1 heterocycles. The fourth-order valence-corrected chi connectivity index (χ4v) is 2.90. The van der Waals surface area contributed by atoms with Gasteiger partial charge in [-0.2, -0.15) is 0 Å². The highest BCUT2D eigenvalue weighted by Gasteiger charge is 2.25. The van der Waals surface area contributed by atoms with Crippen LogP contribution in [0.4, 0.5) is 21.9 Å². The van der Waals surface area contributed by atoms with Crippen molar-refractivity contribution in [2.24, 2.45) is 0 Å². The van der Waals surface area contributed by atoms with Crippen LogP contribution in [0.25, 0.3) is 0 Å². The summed E-state index contributed by atoms with van der Waals surface area (Å²) in [6, 6.07) is 5.94. The third-order valence-electron chi connectivity index (χ3n) is 3.93. The molecule has 0 unspecified atom stereocenters. The summed E-state index contributed by atoms with van der Waals surface area (Å²) >= 11 is 0. The zero-order valence-electron chi connectivity index (χ0n) is 15.6. The van der Waals surface area contributed by atoms with Gasteiger partial charge in [-0.05, 0) is 51.8 Å². The van der Waals surface area contributed by atoms with Crippen LogP contribution in [0.1, 0.15) is 33.6 Å². The predicted octanol–water partition coefficient (Wildman–Crippen LogP) is 2.09. The van der Waals surface area contributed by atoms with Gasteiger partial charge in [-0.3, -0.25) is 0 Å². The van der Waals surface area contributed by atoms with E-state index in [-0.39, 0.29) is 12.1 Å². The minimum atomic E-state index is -0.492. The van der Waals surface area contributed by atoms with Crippen molar-refractivity contribution in [3.63, 3.8) is 0 Å². The molecule has 1 amide bonds. The van der Waals surface area contributed by atoms with Gasteiger partial charge >= 0.3 is 13.7 Å². The highest BCUT2D eigenvalue weighted by molar-refractivity contribution is 6.32. The Morgan fingerprint density at radius 2 is 2.16 bits per heavy atom. The number of nitrogens with two attached hydrogens (primary N) is 1. The van der Waals surface area contributed by atoms with Gasteiger partial charge in [-0.15, -0.1) is 0 Å². The molecule has 0 spiro atoms. The van der Waals surface area contributed by atoms with E-state index in [4.69, 9.17) is 15.1 Å². The Kier molecular flexibility index (Phi) is 6.41. The summed E-state index contributed by atoms with van der Waals surface area (Å²) < 4.78 is 10.3. The van der Waals surface area contributed by atoms with Gasteiger partial charge in [0.2, 0.25) is 0 Å². The Bertz CT molecular complexity index is 592. The highest BCUT2D eigenvalue weighted by atomic mass is 16.6. The molecule has 1 atom stereocenters. The molecule has 138 valence electrons. The molecule has 4 N–H and O–H groups in total. The largest absolute Gasteiger partial charge is 0.444 e. The molecule has 1 aliphatic heterocycles. The Balaban J connectivity index is 1.97. The molecule has 0 bridgehead atoms.